The molecule has 3 N–H and O–H groups in total. The van der Waals surface area contributed by atoms with Crippen LogP contribution in [0.1, 0.15) is 66.7 Å². The summed E-state index contributed by atoms with van der Waals surface area (Å²) in [6.45, 7) is 6.04. The fourth-order valence-electron chi connectivity index (χ4n) is 5.97. The molecule has 5 rings (SSSR count). The Morgan fingerprint density at radius 1 is 0.976 bits per heavy atom. The van der Waals surface area contributed by atoms with E-state index < -0.39 is 5.60 Å². The van der Waals surface area contributed by atoms with E-state index in [1.165, 1.54) is 12.1 Å². The monoisotopic (exact) mass is 571 g/mol. The number of halogens is 1. The van der Waals surface area contributed by atoms with E-state index in [2.05, 4.69) is 29.4 Å². The molecule has 1 saturated carbocycles. The standard InChI is InChI=1S/C34H38FN3O4/c1-4-38(5-2)28-21-29-27(30(33(40)36-3)31(42-29)22-11-13-25(35)14-12-22)20-26(28)23-9-8-10-24(19-23)32(39)37-18-17-34(41)15-6-7-16-34/h8-14,19-21,41H,4-7,15-18H2,1-3H3,(H,36,40)(H,37,39). The molecule has 0 unspecified atom stereocenters. The van der Waals surface area contributed by atoms with Crippen molar-refractivity contribution >= 4 is 28.5 Å². The molecule has 8 heteroatoms. The maximum atomic E-state index is 13.7. The topological polar surface area (TPSA) is 94.8 Å². The molecule has 1 aromatic heterocycles. The Morgan fingerprint density at radius 2 is 1.69 bits per heavy atom. The first kappa shape index (κ1) is 29.3. The smallest absolute Gasteiger partial charge is 0.255 e. The zero-order valence-electron chi connectivity index (χ0n) is 24.4. The van der Waals surface area contributed by atoms with Crippen molar-refractivity contribution < 1.29 is 23.5 Å². The summed E-state index contributed by atoms with van der Waals surface area (Å²) in [6.07, 6.45) is 4.15. The Balaban J connectivity index is 1.57. The van der Waals surface area contributed by atoms with Crippen molar-refractivity contribution in [1.82, 2.24) is 10.6 Å². The highest BCUT2D eigenvalue weighted by atomic mass is 19.1. The van der Waals surface area contributed by atoms with E-state index in [9.17, 15) is 19.1 Å². The van der Waals surface area contributed by atoms with Crippen molar-refractivity contribution in [3.05, 3.63) is 77.6 Å². The fraction of sp³-hybridized carbons (Fsp3) is 0.353. The average Bonchev–Trinajstić information content (AvgIpc) is 3.61. The number of carbonyl (C=O) groups excluding carboxylic acids is 2. The van der Waals surface area contributed by atoms with Gasteiger partial charge in [0, 0.05) is 60.5 Å². The van der Waals surface area contributed by atoms with Crippen LogP contribution in [0.15, 0.2) is 65.1 Å². The molecule has 1 aliphatic carbocycles. The lowest BCUT2D eigenvalue weighted by atomic mass is 9.96. The van der Waals surface area contributed by atoms with E-state index in [4.69, 9.17) is 4.42 Å². The lowest BCUT2D eigenvalue weighted by Crippen LogP contribution is -2.32. The second-order valence-corrected chi connectivity index (χ2v) is 10.9. The number of anilines is 1. The van der Waals surface area contributed by atoms with Crippen LogP contribution in [0.4, 0.5) is 10.1 Å². The Kier molecular flexibility index (Phi) is 8.64. The van der Waals surface area contributed by atoms with Gasteiger partial charge in [0.25, 0.3) is 11.8 Å². The highest BCUT2D eigenvalue weighted by Gasteiger charge is 2.30. The molecular formula is C34H38FN3O4. The molecule has 1 fully saturated rings. The third-order valence-corrected chi connectivity index (χ3v) is 8.32. The summed E-state index contributed by atoms with van der Waals surface area (Å²) >= 11 is 0. The van der Waals surface area contributed by atoms with Crippen molar-refractivity contribution in [3.8, 4) is 22.5 Å². The van der Waals surface area contributed by atoms with E-state index in [-0.39, 0.29) is 17.6 Å². The lowest BCUT2D eigenvalue weighted by molar-refractivity contribution is 0.0389. The fourth-order valence-corrected chi connectivity index (χ4v) is 5.97. The minimum Gasteiger partial charge on any atom is -0.455 e. The number of amides is 2. The van der Waals surface area contributed by atoms with Gasteiger partial charge in [-0.05, 0) is 81.1 Å². The van der Waals surface area contributed by atoms with Gasteiger partial charge in [-0.25, -0.2) is 4.39 Å². The third kappa shape index (κ3) is 5.90. The zero-order valence-corrected chi connectivity index (χ0v) is 24.4. The van der Waals surface area contributed by atoms with Crippen LogP contribution in [0.3, 0.4) is 0 Å². The number of aliphatic hydroxyl groups is 1. The first-order valence-electron chi connectivity index (χ1n) is 14.7. The molecule has 3 aromatic carbocycles. The molecule has 42 heavy (non-hydrogen) atoms. The maximum Gasteiger partial charge on any atom is 0.255 e. The van der Waals surface area contributed by atoms with Gasteiger partial charge in [0.15, 0.2) is 0 Å². The molecule has 0 spiro atoms. The molecule has 7 nitrogen and oxygen atoms in total. The number of benzene rings is 3. The van der Waals surface area contributed by atoms with E-state index in [1.807, 2.05) is 30.3 Å². The van der Waals surface area contributed by atoms with Crippen LogP contribution < -0.4 is 15.5 Å². The summed E-state index contributed by atoms with van der Waals surface area (Å²) in [7, 11) is 1.56. The van der Waals surface area contributed by atoms with Gasteiger partial charge < -0.3 is 25.1 Å². The summed E-state index contributed by atoms with van der Waals surface area (Å²) in [4.78, 5) is 28.5. The Morgan fingerprint density at radius 3 is 2.36 bits per heavy atom. The number of rotatable bonds is 10. The molecule has 1 aliphatic rings. The molecule has 0 radical (unpaired) electrons. The molecule has 1 heterocycles. The van der Waals surface area contributed by atoms with Crippen LogP contribution in [0, 0.1) is 5.82 Å². The van der Waals surface area contributed by atoms with Gasteiger partial charge in [-0.3, -0.25) is 9.59 Å². The Labute approximate surface area is 245 Å². The lowest BCUT2D eigenvalue weighted by Gasteiger charge is -2.24. The summed E-state index contributed by atoms with van der Waals surface area (Å²) in [5.41, 5.74) is 3.94. The first-order valence-corrected chi connectivity index (χ1v) is 14.7. The Bertz CT molecular complexity index is 1580. The highest BCUT2D eigenvalue weighted by Crippen LogP contribution is 2.41. The van der Waals surface area contributed by atoms with Crippen LogP contribution in [0.2, 0.25) is 0 Å². The third-order valence-electron chi connectivity index (χ3n) is 8.32. The van der Waals surface area contributed by atoms with Crippen molar-refractivity contribution in [2.75, 3.05) is 31.6 Å². The molecule has 0 bridgehead atoms. The molecule has 0 aliphatic heterocycles. The van der Waals surface area contributed by atoms with Crippen molar-refractivity contribution in [2.45, 2.75) is 51.6 Å². The van der Waals surface area contributed by atoms with Crippen LogP contribution in [0.25, 0.3) is 33.4 Å². The number of hydrogen-bond acceptors (Lipinski definition) is 5. The van der Waals surface area contributed by atoms with E-state index in [0.29, 0.717) is 46.4 Å². The molecule has 0 saturated heterocycles. The van der Waals surface area contributed by atoms with Gasteiger partial charge in [-0.2, -0.15) is 0 Å². The molecule has 4 aromatic rings. The number of nitrogens with one attached hydrogen (secondary N) is 2. The molecule has 2 amide bonds. The van der Waals surface area contributed by atoms with E-state index >= 15 is 0 Å². The number of carbonyl (C=O) groups is 2. The van der Waals surface area contributed by atoms with Gasteiger partial charge in [0.05, 0.1) is 11.2 Å². The van der Waals surface area contributed by atoms with Crippen LogP contribution in [-0.2, 0) is 0 Å². The minimum absolute atomic E-state index is 0.197. The number of furan rings is 1. The van der Waals surface area contributed by atoms with E-state index in [0.717, 1.165) is 55.6 Å². The summed E-state index contributed by atoms with van der Waals surface area (Å²) in [6, 6.07) is 17.2. The van der Waals surface area contributed by atoms with Gasteiger partial charge >= 0.3 is 0 Å². The highest BCUT2D eigenvalue weighted by molar-refractivity contribution is 6.13. The van der Waals surface area contributed by atoms with Crippen LogP contribution in [-0.4, -0.2) is 49.2 Å². The predicted molar refractivity (Wildman–Crippen MR) is 164 cm³/mol. The van der Waals surface area contributed by atoms with Crippen molar-refractivity contribution in [2.24, 2.45) is 0 Å². The predicted octanol–water partition coefficient (Wildman–Crippen LogP) is 6.54. The van der Waals surface area contributed by atoms with Crippen LogP contribution >= 0.6 is 0 Å². The van der Waals surface area contributed by atoms with Gasteiger partial charge in [-0.1, -0.05) is 25.0 Å². The maximum absolute atomic E-state index is 13.7. The SMILES string of the molecule is CCN(CC)c1cc2oc(-c3ccc(F)cc3)c(C(=O)NC)c2cc1-c1cccc(C(=O)NCCC2(O)CCCC2)c1. The summed E-state index contributed by atoms with van der Waals surface area (Å²) in [5.74, 6) is -0.520. The number of hydrogen-bond donors (Lipinski definition) is 3. The van der Waals surface area contributed by atoms with Gasteiger partial charge in [0.1, 0.15) is 17.2 Å². The average molecular weight is 572 g/mol. The molecular weight excluding hydrogens is 533 g/mol. The Hall–Kier alpha value is -4.17. The normalized spacial score (nSPS) is 14.2. The zero-order chi connectivity index (χ0) is 29.9. The summed E-state index contributed by atoms with van der Waals surface area (Å²) < 4.78 is 20.0. The largest absolute Gasteiger partial charge is 0.455 e. The van der Waals surface area contributed by atoms with Crippen molar-refractivity contribution in [1.29, 1.82) is 0 Å². The second kappa shape index (κ2) is 12.4. The quantitative estimate of drug-likeness (QED) is 0.201. The second-order valence-electron chi connectivity index (χ2n) is 10.9. The van der Waals surface area contributed by atoms with Crippen LogP contribution in [0.5, 0.6) is 0 Å². The first-order chi connectivity index (χ1) is 20.3. The van der Waals surface area contributed by atoms with Gasteiger partial charge in [-0.15, -0.1) is 0 Å². The number of fused-ring (bicyclic) bond motifs is 1. The molecule has 0 atom stereocenters. The van der Waals surface area contributed by atoms with E-state index in [1.54, 1.807) is 25.2 Å². The van der Waals surface area contributed by atoms with Gasteiger partial charge in [0.2, 0.25) is 0 Å². The van der Waals surface area contributed by atoms with Crippen molar-refractivity contribution in [3.63, 3.8) is 0 Å². The summed E-state index contributed by atoms with van der Waals surface area (Å²) in [5, 5.41) is 16.9. The number of nitrogens with zero attached hydrogens (tertiary/aromatic N) is 1. The minimum atomic E-state index is -0.678. The molecule has 220 valence electrons.